The van der Waals surface area contributed by atoms with Crippen molar-refractivity contribution in [1.82, 2.24) is 5.32 Å². The van der Waals surface area contributed by atoms with Gasteiger partial charge in [0, 0.05) is 25.9 Å². The van der Waals surface area contributed by atoms with E-state index in [2.05, 4.69) is 5.32 Å². The highest BCUT2D eigenvalue weighted by Crippen LogP contribution is 2.21. The van der Waals surface area contributed by atoms with E-state index in [-0.39, 0.29) is 24.3 Å². The summed E-state index contributed by atoms with van der Waals surface area (Å²) in [6, 6.07) is 6.76. The molecule has 0 aliphatic heterocycles. The molecule has 0 spiro atoms. The number of anilines is 1. The lowest BCUT2D eigenvalue weighted by Gasteiger charge is -2.24. The lowest BCUT2D eigenvalue weighted by atomic mass is 10.0. The molecule has 0 atom stereocenters. The second-order valence-corrected chi connectivity index (χ2v) is 5.48. The Labute approximate surface area is 143 Å². The number of hydrogen-bond acceptors (Lipinski definition) is 4. The van der Waals surface area contributed by atoms with E-state index >= 15 is 0 Å². The molecule has 132 valence electrons. The fourth-order valence-corrected chi connectivity index (χ4v) is 2.53. The number of hydrogen-bond donors (Lipinski definition) is 1. The number of amides is 2. The van der Waals surface area contributed by atoms with Crippen molar-refractivity contribution in [3.8, 4) is 0 Å². The predicted molar refractivity (Wildman–Crippen MR) is 92.9 cm³/mol. The first-order chi connectivity index (χ1) is 11.5. The fourth-order valence-electron chi connectivity index (χ4n) is 2.53. The van der Waals surface area contributed by atoms with Gasteiger partial charge in [-0.25, -0.2) is 4.79 Å². The van der Waals surface area contributed by atoms with Gasteiger partial charge in [-0.3, -0.25) is 9.59 Å². The monoisotopic (exact) mass is 334 g/mol. The smallest absolute Gasteiger partial charge is 0.339 e. The Bertz CT molecular complexity index is 582. The number of para-hydroxylation sites is 1. The molecule has 0 saturated heterocycles. The minimum Gasteiger partial charge on any atom is -0.465 e. The van der Waals surface area contributed by atoms with E-state index in [9.17, 15) is 14.4 Å². The van der Waals surface area contributed by atoms with Crippen LogP contribution in [0.4, 0.5) is 5.69 Å². The average Bonchev–Trinajstić information content (AvgIpc) is 2.58. The van der Waals surface area contributed by atoms with Gasteiger partial charge in [-0.2, -0.15) is 0 Å². The van der Waals surface area contributed by atoms with Crippen LogP contribution in [0.2, 0.25) is 0 Å². The van der Waals surface area contributed by atoms with E-state index in [0.29, 0.717) is 17.8 Å². The van der Waals surface area contributed by atoms with Crippen molar-refractivity contribution in [2.24, 2.45) is 5.92 Å². The van der Waals surface area contributed by atoms with Gasteiger partial charge in [-0.15, -0.1) is 0 Å². The molecule has 0 aliphatic carbocycles. The third-order valence-corrected chi connectivity index (χ3v) is 3.97. The minimum absolute atomic E-state index is 0.00949. The molecule has 1 rings (SSSR count). The summed E-state index contributed by atoms with van der Waals surface area (Å²) in [5.74, 6) is -0.732. The summed E-state index contributed by atoms with van der Waals surface area (Å²) < 4.78 is 4.76. The van der Waals surface area contributed by atoms with Gasteiger partial charge in [-0.1, -0.05) is 26.0 Å². The number of nitrogens with one attached hydrogen (secondary N) is 1. The van der Waals surface area contributed by atoms with Crippen LogP contribution in [0, 0.1) is 5.92 Å². The van der Waals surface area contributed by atoms with E-state index in [1.54, 1.807) is 24.3 Å². The summed E-state index contributed by atoms with van der Waals surface area (Å²) in [5, 5.41) is 2.85. The van der Waals surface area contributed by atoms with Crippen LogP contribution in [-0.2, 0) is 14.3 Å². The molecular weight excluding hydrogens is 308 g/mol. The van der Waals surface area contributed by atoms with Crippen molar-refractivity contribution in [1.29, 1.82) is 0 Å². The van der Waals surface area contributed by atoms with E-state index in [0.717, 1.165) is 12.8 Å². The van der Waals surface area contributed by atoms with Crippen LogP contribution in [-0.4, -0.2) is 38.0 Å². The number of nitrogens with zero attached hydrogens (tertiary/aromatic N) is 1. The van der Waals surface area contributed by atoms with Crippen molar-refractivity contribution in [2.45, 2.75) is 33.6 Å². The van der Waals surface area contributed by atoms with Gasteiger partial charge >= 0.3 is 5.97 Å². The van der Waals surface area contributed by atoms with Gasteiger partial charge in [0.25, 0.3) is 0 Å². The van der Waals surface area contributed by atoms with Crippen LogP contribution >= 0.6 is 0 Å². The third-order valence-electron chi connectivity index (χ3n) is 3.97. The summed E-state index contributed by atoms with van der Waals surface area (Å²) in [6.45, 7) is 5.99. The SMILES string of the molecule is CCC(CC)C(=O)NCCN(C(C)=O)c1ccccc1C(=O)OC. The van der Waals surface area contributed by atoms with Crippen molar-refractivity contribution >= 4 is 23.5 Å². The number of ether oxygens (including phenoxy) is 1. The summed E-state index contributed by atoms with van der Waals surface area (Å²) >= 11 is 0. The molecule has 0 saturated carbocycles. The fraction of sp³-hybridized carbons (Fsp3) is 0.500. The topological polar surface area (TPSA) is 75.7 Å². The van der Waals surface area contributed by atoms with Gasteiger partial charge < -0.3 is 15.0 Å². The van der Waals surface area contributed by atoms with Gasteiger partial charge in [0.2, 0.25) is 11.8 Å². The van der Waals surface area contributed by atoms with Crippen LogP contribution in [0.1, 0.15) is 44.0 Å². The number of esters is 1. The summed E-state index contributed by atoms with van der Waals surface area (Å²) in [7, 11) is 1.30. The largest absolute Gasteiger partial charge is 0.465 e. The van der Waals surface area contributed by atoms with Crippen molar-refractivity contribution in [2.75, 3.05) is 25.1 Å². The second kappa shape index (κ2) is 9.70. The number of methoxy groups -OCH3 is 1. The van der Waals surface area contributed by atoms with Gasteiger partial charge in [0.1, 0.15) is 0 Å². The van der Waals surface area contributed by atoms with Crippen molar-refractivity contribution in [3.05, 3.63) is 29.8 Å². The zero-order chi connectivity index (χ0) is 18.1. The molecule has 0 heterocycles. The van der Waals surface area contributed by atoms with Crippen LogP contribution in [0.3, 0.4) is 0 Å². The first kappa shape index (κ1) is 19.7. The summed E-state index contributed by atoms with van der Waals surface area (Å²) in [4.78, 5) is 37.4. The molecule has 0 unspecified atom stereocenters. The highest BCUT2D eigenvalue weighted by molar-refractivity contribution is 6.01. The summed E-state index contributed by atoms with van der Waals surface area (Å²) in [6.07, 6.45) is 1.56. The first-order valence-corrected chi connectivity index (χ1v) is 8.19. The van der Waals surface area contributed by atoms with Crippen molar-refractivity contribution < 1.29 is 19.1 Å². The number of rotatable bonds is 8. The predicted octanol–water partition coefficient (Wildman–Crippen LogP) is 2.38. The molecule has 6 nitrogen and oxygen atoms in total. The molecule has 0 fully saturated rings. The number of carbonyl (C=O) groups is 3. The zero-order valence-electron chi connectivity index (χ0n) is 14.8. The van der Waals surface area contributed by atoms with E-state index < -0.39 is 5.97 Å². The van der Waals surface area contributed by atoms with Gasteiger partial charge in [-0.05, 0) is 25.0 Å². The van der Waals surface area contributed by atoms with Crippen LogP contribution in [0.5, 0.6) is 0 Å². The maximum absolute atomic E-state index is 12.0. The standard InChI is InChI=1S/C18H26N2O4/c1-5-14(6-2)17(22)19-11-12-20(13(3)21)16-10-8-7-9-15(16)18(23)24-4/h7-10,14H,5-6,11-12H2,1-4H3,(H,19,22). The molecule has 0 aromatic heterocycles. The molecule has 1 aromatic rings. The molecule has 0 aliphatic rings. The molecule has 24 heavy (non-hydrogen) atoms. The number of benzene rings is 1. The average molecular weight is 334 g/mol. The minimum atomic E-state index is -0.502. The molecule has 0 radical (unpaired) electrons. The third kappa shape index (κ3) is 5.08. The van der Waals surface area contributed by atoms with Crippen LogP contribution < -0.4 is 10.2 Å². The maximum Gasteiger partial charge on any atom is 0.339 e. The Balaban J connectivity index is 2.85. The molecule has 6 heteroatoms. The second-order valence-electron chi connectivity index (χ2n) is 5.48. The van der Waals surface area contributed by atoms with E-state index in [1.165, 1.54) is 18.9 Å². The van der Waals surface area contributed by atoms with E-state index in [4.69, 9.17) is 4.74 Å². The molecule has 0 bridgehead atoms. The Hall–Kier alpha value is -2.37. The van der Waals surface area contributed by atoms with Crippen LogP contribution in [0.15, 0.2) is 24.3 Å². The quantitative estimate of drug-likeness (QED) is 0.741. The number of carbonyl (C=O) groups excluding carboxylic acids is 3. The van der Waals surface area contributed by atoms with Crippen LogP contribution in [0.25, 0.3) is 0 Å². The normalized spacial score (nSPS) is 10.4. The zero-order valence-corrected chi connectivity index (χ0v) is 14.8. The first-order valence-electron chi connectivity index (χ1n) is 8.19. The summed E-state index contributed by atoms with van der Waals surface area (Å²) in [5.41, 5.74) is 0.801. The lowest BCUT2D eigenvalue weighted by Crippen LogP contribution is -2.40. The highest BCUT2D eigenvalue weighted by atomic mass is 16.5. The highest BCUT2D eigenvalue weighted by Gasteiger charge is 2.20. The Kier molecular flexibility index (Phi) is 7.95. The molecule has 2 amide bonds. The Morgan fingerprint density at radius 2 is 1.79 bits per heavy atom. The molecule has 1 aromatic carbocycles. The van der Waals surface area contributed by atoms with E-state index in [1.807, 2.05) is 13.8 Å². The Morgan fingerprint density at radius 1 is 1.17 bits per heavy atom. The molecular formula is C18H26N2O4. The Morgan fingerprint density at radius 3 is 2.33 bits per heavy atom. The van der Waals surface area contributed by atoms with Crippen molar-refractivity contribution in [3.63, 3.8) is 0 Å². The van der Waals surface area contributed by atoms with Gasteiger partial charge in [0.05, 0.1) is 18.4 Å². The maximum atomic E-state index is 12.0. The lowest BCUT2D eigenvalue weighted by molar-refractivity contribution is -0.125. The molecule has 1 N–H and O–H groups in total. The van der Waals surface area contributed by atoms with Gasteiger partial charge in [0.15, 0.2) is 0 Å².